The smallest absolute Gasteiger partial charge is 0.254 e. The third-order valence-electron chi connectivity index (χ3n) is 2.98. The first kappa shape index (κ1) is 11.1. The normalized spacial score (nSPS) is 19.0. The summed E-state index contributed by atoms with van der Waals surface area (Å²) in [6, 6.07) is 8.03. The molecule has 4 heteroatoms. The van der Waals surface area contributed by atoms with E-state index in [0.717, 1.165) is 12.1 Å². The largest absolute Gasteiger partial charge is 0.312 e. The van der Waals surface area contributed by atoms with Crippen molar-refractivity contribution in [2.75, 3.05) is 20.7 Å². The van der Waals surface area contributed by atoms with E-state index in [-0.39, 0.29) is 11.8 Å². The summed E-state index contributed by atoms with van der Waals surface area (Å²) in [5.41, 5.74) is 2.30. The van der Waals surface area contributed by atoms with E-state index in [1.54, 1.807) is 7.05 Å². The molecule has 1 aliphatic heterocycles. The molecule has 2 rings (SSSR count). The maximum atomic E-state index is 12.1. The van der Waals surface area contributed by atoms with E-state index in [1.165, 1.54) is 17.7 Å². The number of carbonyl (C=O) groups is 1. The van der Waals surface area contributed by atoms with E-state index in [2.05, 4.69) is 11.4 Å². The number of benzene rings is 1. The monoisotopic (exact) mass is 220 g/mol. The SMILES string of the molecule is CON(C)C(=O)C1CNCc2ccccc21. The van der Waals surface area contributed by atoms with Crippen LogP contribution in [-0.4, -0.2) is 31.7 Å². The van der Waals surface area contributed by atoms with Crippen LogP contribution in [0.5, 0.6) is 0 Å². The van der Waals surface area contributed by atoms with Crippen molar-refractivity contribution in [3.63, 3.8) is 0 Å². The van der Waals surface area contributed by atoms with Crippen LogP contribution >= 0.6 is 0 Å². The summed E-state index contributed by atoms with van der Waals surface area (Å²) >= 11 is 0. The molecule has 0 saturated carbocycles. The molecule has 1 aromatic carbocycles. The lowest BCUT2D eigenvalue weighted by atomic mass is 9.90. The van der Waals surface area contributed by atoms with Gasteiger partial charge in [-0.2, -0.15) is 0 Å². The Kier molecular flexibility index (Phi) is 3.22. The molecule has 16 heavy (non-hydrogen) atoms. The van der Waals surface area contributed by atoms with Crippen molar-refractivity contribution in [2.45, 2.75) is 12.5 Å². The summed E-state index contributed by atoms with van der Waals surface area (Å²) < 4.78 is 0. The zero-order valence-electron chi connectivity index (χ0n) is 9.56. The Morgan fingerprint density at radius 2 is 2.25 bits per heavy atom. The highest BCUT2D eigenvalue weighted by Crippen LogP contribution is 2.25. The molecule has 1 amide bonds. The third kappa shape index (κ3) is 1.94. The summed E-state index contributed by atoms with van der Waals surface area (Å²) in [7, 11) is 3.14. The highest BCUT2D eigenvalue weighted by Gasteiger charge is 2.28. The van der Waals surface area contributed by atoms with Crippen molar-refractivity contribution in [3.05, 3.63) is 35.4 Å². The van der Waals surface area contributed by atoms with Crippen LogP contribution in [0.4, 0.5) is 0 Å². The first-order valence-corrected chi connectivity index (χ1v) is 5.34. The molecular weight excluding hydrogens is 204 g/mol. The molecule has 0 saturated heterocycles. The molecule has 0 bridgehead atoms. The molecule has 1 atom stereocenters. The minimum Gasteiger partial charge on any atom is -0.312 e. The topological polar surface area (TPSA) is 41.6 Å². The van der Waals surface area contributed by atoms with Crippen LogP contribution in [0.3, 0.4) is 0 Å². The fourth-order valence-corrected chi connectivity index (χ4v) is 2.03. The third-order valence-corrected chi connectivity index (χ3v) is 2.98. The number of likely N-dealkylation sites (N-methyl/N-ethyl adjacent to an activating group) is 1. The molecule has 1 N–H and O–H groups in total. The van der Waals surface area contributed by atoms with Crippen molar-refractivity contribution in [1.29, 1.82) is 0 Å². The number of hydroxylamine groups is 2. The zero-order chi connectivity index (χ0) is 11.5. The van der Waals surface area contributed by atoms with Gasteiger partial charge in [0.25, 0.3) is 5.91 Å². The van der Waals surface area contributed by atoms with Crippen LogP contribution in [0.25, 0.3) is 0 Å². The number of amides is 1. The van der Waals surface area contributed by atoms with Crippen molar-refractivity contribution >= 4 is 5.91 Å². The Morgan fingerprint density at radius 3 is 3.00 bits per heavy atom. The Morgan fingerprint density at radius 1 is 1.50 bits per heavy atom. The van der Waals surface area contributed by atoms with Crippen molar-refractivity contribution < 1.29 is 9.63 Å². The van der Waals surface area contributed by atoms with Crippen LogP contribution in [0.15, 0.2) is 24.3 Å². The Balaban J connectivity index is 2.28. The number of nitrogens with one attached hydrogen (secondary N) is 1. The molecule has 0 aromatic heterocycles. The highest BCUT2D eigenvalue weighted by molar-refractivity contribution is 5.83. The first-order valence-electron chi connectivity index (χ1n) is 5.34. The molecular formula is C12H16N2O2. The van der Waals surface area contributed by atoms with E-state index in [4.69, 9.17) is 4.84 Å². The van der Waals surface area contributed by atoms with Gasteiger partial charge in [0.2, 0.25) is 0 Å². The number of hydrogen-bond acceptors (Lipinski definition) is 3. The van der Waals surface area contributed by atoms with Gasteiger partial charge in [0.05, 0.1) is 13.0 Å². The second-order valence-corrected chi connectivity index (χ2v) is 3.90. The number of rotatable bonds is 2. The fourth-order valence-electron chi connectivity index (χ4n) is 2.03. The van der Waals surface area contributed by atoms with Crippen molar-refractivity contribution in [3.8, 4) is 0 Å². The van der Waals surface area contributed by atoms with Gasteiger partial charge in [-0.1, -0.05) is 24.3 Å². The average Bonchev–Trinajstić information content (AvgIpc) is 2.36. The summed E-state index contributed by atoms with van der Waals surface area (Å²) in [6.45, 7) is 1.50. The van der Waals surface area contributed by atoms with E-state index < -0.39 is 0 Å². The molecule has 4 nitrogen and oxygen atoms in total. The molecule has 86 valence electrons. The Labute approximate surface area is 95.2 Å². The predicted molar refractivity (Wildman–Crippen MR) is 60.7 cm³/mol. The van der Waals surface area contributed by atoms with E-state index in [9.17, 15) is 4.79 Å². The summed E-state index contributed by atoms with van der Waals surface area (Å²) in [5, 5.41) is 4.53. The van der Waals surface area contributed by atoms with Crippen molar-refractivity contribution in [2.24, 2.45) is 0 Å². The number of nitrogens with zero attached hydrogens (tertiary/aromatic N) is 1. The molecule has 1 heterocycles. The fraction of sp³-hybridized carbons (Fsp3) is 0.417. The number of carbonyl (C=O) groups excluding carboxylic acids is 1. The van der Waals surface area contributed by atoms with Gasteiger partial charge >= 0.3 is 0 Å². The lowest BCUT2D eigenvalue weighted by Crippen LogP contribution is -2.39. The lowest BCUT2D eigenvalue weighted by Gasteiger charge is -2.28. The van der Waals surface area contributed by atoms with E-state index in [1.807, 2.05) is 18.2 Å². The summed E-state index contributed by atoms with van der Waals surface area (Å²) in [6.07, 6.45) is 0. The number of fused-ring (bicyclic) bond motifs is 1. The maximum Gasteiger partial charge on any atom is 0.254 e. The van der Waals surface area contributed by atoms with Gasteiger partial charge < -0.3 is 5.32 Å². The molecule has 0 radical (unpaired) electrons. The summed E-state index contributed by atoms with van der Waals surface area (Å²) in [4.78, 5) is 17.0. The van der Waals surface area contributed by atoms with Gasteiger partial charge in [0.15, 0.2) is 0 Å². The van der Waals surface area contributed by atoms with E-state index >= 15 is 0 Å². The van der Waals surface area contributed by atoms with Crippen LogP contribution in [-0.2, 0) is 16.2 Å². The lowest BCUT2D eigenvalue weighted by molar-refractivity contribution is -0.170. The van der Waals surface area contributed by atoms with Gasteiger partial charge in [-0.3, -0.25) is 9.63 Å². The average molecular weight is 220 g/mol. The molecule has 1 aliphatic rings. The summed E-state index contributed by atoms with van der Waals surface area (Å²) in [5.74, 6) is -0.156. The van der Waals surface area contributed by atoms with Crippen LogP contribution in [0.2, 0.25) is 0 Å². The van der Waals surface area contributed by atoms with Gasteiger partial charge in [0.1, 0.15) is 0 Å². The minimum absolute atomic E-state index is 0.0119. The Bertz CT molecular complexity index is 392. The Hall–Kier alpha value is -1.39. The maximum absolute atomic E-state index is 12.1. The predicted octanol–water partition coefficient (Wildman–Crippen LogP) is 0.893. The highest BCUT2D eigenvalue weighted by atomic mass is 16.7. The molecule has 1 aromatic rings. The number of hydrogen-bond donors (Lipinski definition) is 1. The molecule has 0 spiro atoms. The first-order chi connectivity index (χ1) is 7.74. The second-order valence-electron chi connectivity index (χ2n) is 3.90. The molecule has 0 fully saturated rings. The van der Waals surface area contributed by atoms with Gasteiger partial charge in [-0.05, 0) is 11.1 Å². The minimum atomic E-state index is -0.144. The van der Waals surface area contributed by atoms with Crippen LogP contribution < -0.4 is 5.32 Å². The van der Waals surface area contributed by atoms with Crippen molar-refractivity contribution in [1.82, 2.24) is 10.4 Å². The van der Waals surface area contributed by atoms with Gasteiger partial charge in [0, 0.05) is 20.1 Å². The van der Waals surface area contributed by atoms with Gasteiger partial charge in [-0.15, -0.1) is 0 Å². The second kappa shape index (κ2) is 4.63. The van der Waals surface area contributed by atoms with Crippen LogP contribution in [0.1, 0.15) is 17.0 Å². The molecule has 1 unspecified atom stereocenters. The molecule has 0 aliphatic carbocycles. The quantitative estimate of drug-likeness (QED) is 0.753. The van der Waals surface area contributed by atoms with Crippen LogP contribution in [0, 0.1) is 0 Å². The van der Waals surface area contributed by atoms with E-state index in [0.29, 0.717) is 6.54 Å². The van der Waals surface area contributed by atoms with Gasteiger partial charge in [-0.25, -0.2) is 5.06 Å². The zero-order valence-corrected chi connectivity index (χ0v) is 9.56. The standard InChI is InChI=1S/C12H16N2O2/c1-14(16-2)12(15)11-8-13-7-9-5-3-4-6-10(9)11/h3-6,11,13H,7-8H2,1-2H3.